The summed E-state index contributed by atoms with van der Waals surface area (Å²) in [5.41, 5.74) is 1.64. The quantitative estimate of drug-likeness (QED) is 0.797. The summed E-state index contributed by atoms with van der Waals surface area (Å²) >= 11 is 7.69. The molecular weight excluding hydrogens is 314 g/mol. The van der Waals surface area contributed by atoms with E-state index in [-0.39, 0.29) is 4.75 Å². The first-order valence-corrected chi connectivity index (χ1v) is 9.52. The molecular formula is C14H20ClNO2S2. The number of alkyl halides is 1. The van der Waals surface area contributed by atoms with Crippen LogP contribution in [0.5, 0.6) is 0 Å². The summed E-state index contributed by atoms with van der Waals surface area (Å²) in [6.07, 6.45) is 0. The van der Waals surface area contributed by atoms with Crippen LogP contribution in [-0.2, 0) is 15.9 Å². The maximum absolute atomic E-state index is 12.8. The normalized spacial score (nSPS) is 20.0. The number of halogens is 1. The Balaban J connectivity index is 2.40. The minimum atomic E-state index is -3.43. The number of sulfonamides is 1. The van der Waals surface area contributed by atoms with Crippen LogP contribution < -0.4 is 0 Å². The van der Waals surface area contributed by atoms with E-state index in [1.165, 1.54) is 0 Å². The first kappa shape index (κ1) is 16.1. The predicted octanol–water partition coefficient (Wildman–Crippen LogP) is 3.25. The lowest BCUT2D eigenvalue weighted by Crippen LogP contribution is -2.46. The van der Waals surface area contributed by atoms with E-state index in [1.54, 1.807) is 16.4 Å². The van der Waals surface area contributed by atoms with Crippen LogP contribution in [0, 0.1) is 6.92 Å². The van der Waals surface area contributed by atoms with Crippen molar-refractivity contribution in [2.45, 2.75) is 36.3 Å². The molecule has 3 nitrogen and oxygen atoms in total. The molecule has 0 radical (unpaired) electrons. The van der Waals surface area contributed by atoms with Crippen molar-refractivity contribution in [2.75, 3.05) is 18.8 Å². The summed E-state index contributed by atoms with van der Waals surface area (Å²) in [5.74, 6) is 1.16. The van der Waals surface area contributed by atoms with E-state index in [4.69, 9.17) is 11.6 Å². The zero-order chi connectivity index (χ0) is 15.0. The van der Waals surface area contributed by atoms with Gasteiger partial charge in [-0.05, 0) is 38.0 Å². The van der Waals surface area contributed by atoms with Crippen molar-refractivity contribution in [3.8, 4) is 0 Å². The van der Waals surface area contributed by atoms with E-state index < -0.39 is 10.0 Å². The standard InChI is InChI=1S/C14H20ClNO2S2/c1-11-12(9-15)5-4-6-13(11)20(17,18)16-7-8-19-14(2,3)10-16/h4-6H,7-10H2,1-3H3. The maximum Gasteiger partial charge on any atom is 0.243 e. The molecule has 0 spiro atoms. The largest absolute Gasteiger partial charge is 0.243 e. The summed E-state index contributed by atoms with van der Waals surface area (Å²) in [6, 6.07) is 5.31. The average Bonchev–Trinajstić information content (AvgIpc) is 2.37. The van der Waals surface area contributed by atoms with Crippen LogP contribution >= 0.6 is 23.4 Å². The predicted molar refractivity (Wildman–Crippen MR) is 86.0 cm³/mol. The Morgan fingerprint density at radius 3 is 2.70 bits per heavy atom. The van der Waals surface area contributed by atoms with Crippen LogP contribution in [0.15, 0.2) is 23.1 Å². The molecule has 6 heteroatoms. The highest BCUT2D eigenvalue weighted by molar-refractivity contribution is 8.00. The highest BCUT2D eigenvalue weighted by Crippen LogP contribution is 2.33. The zero-order valence-electron chi connectivity index (χ0n) is 12.0. The molecule has 112 valence electrons. The molecule has 1 aliphatic rings. The molecule has 1 heterocycles. The first-order valence-electron chi connectivity index (χ1n) is 6.56. The van der Waals surface area contributed by atoms with E-state index in [0.717, 1.165) is 16.9 Å². The highest BCUT2D eigenvalue weighted by Gasteiger charge is 2.35. The molecule has 1 aliphatic heterocycles. The molecule has 2 rings (SSSR count). The number of nitrogens with zero attached hydrogens (tertiary/aromatic N) is 1. The third-order valence-electron chi connectivity index (χ3n) is 3.55. The van der Waals surface area contributed by atoms with Crippen LogP contribution in [0.3, 0.4) is 0 Å². The Bertz CT molecular complexity index is 599. The van der Waals surface area contributed by atoms with E-state index >= 15 is 0 Å². The van der Waals surface area contributed by atoms with Crippen molar-refractivity contribution < 1.29 is 8.42 Å². The van der Waals surface area contributed by atoms with E-state index in [9.17, 15) is 8.42 Å². The lowest BCUT2D eigenvalue weighted by Gasteiger charge is -2.36. The Hall–Kier alpha value is -0.230. The van der Waals surface area contributed by atoms with Crippen LogP contribution in [0.2, 0.25) is 0 Å². The van der Waals surface area contributed by atoms with Gasteiger partial charge < -0.3 is 0 Å². The van der Waals surface area contributed by atoms with Gasteiger partial charge in [0.05, 0.1) is 4.90 Å². The van der Waals surface area contributed by atoms with Gasteiger partial charge in [-0.2, -0.15) is 16.1 Å². The lowest BCUT2D eigenvalue weighted by molar-refractivity contribution is 0.387. The molecule has 0 unspecified atom stereocenters. The Labute approximate surface area is 130 Å². The Morgan fingerprint density at radius 1 is 1.40 bits per heavy atom. The fourth-order valence-corrected chi connectivity index (χ4v) is 5.87. The third kappa shape index (κ3) is 3.16. The molecule has 1 fully saturated rings. The molecule has 1 aromatic carbocycles. The summed E-state index contributed by atoms with van der Waals surface area (Å²) in [4.78, 5) is 0.387. The van der Waals surface area contributed by atoms with Crippen LogP contribution in [0.1, 0.15) is 25.0 Å². The van der Waals surface area contributed by atoms with Gasteiger partial charge in [0.25, 0.3) is 0 Å². The molecule has 0 saturated carbocycles. The van der Waals surface area contributed by atoms with Gasteiger partial charge in [-0.25, -0.2) is 8.42 Å². The van der Waals surface area contributed by atoms with Gasteiger partial charge in [0, 0.05) is 29.5 Å². The fraction of sp³-hybridized carbons (Fsp3) is 0.571. The van der Waals surface area contributed by atoms with Crippen molar-refractivity contribution in [3.05, 3.63) is 29.3 Å². The lowest BCUT2D eigenvalue weighted by atomic mass is 10.1. The van der Waals surface area contributed by atoms with Crippen molar-refractivity contribution in [3.63, 3.8) is 0 Å². The van der Waals surface area contributed by atoms with Crippen LogP contribution in [-0.4, -0.2) is 36.3 Å². The van der Waals surface area contributed by atoms with Gasteiger partial charge >= 0.3 is 0 Å². The summed E-state index contributed by atoms with van der Waals surface area (Å²) in [5, 5.41) is 0. The molecule has 0 aliphatic carbocycles. The summed E-state index contributed by atoms with van der Waals surface area (Å²) < 4.78 is 27.2. The highest BCUT2D eigenvalue weighted by atomic mass is 35.5. The second-order valence-electron chi connectivity index (χ2n) is 5.62. The van der Waals surface area contributed by atoms with Gasteiger partial charge in [-0.15, -0.1) is 11.6 Å². The second kappa shape index (κ2) is 5.87. The van der Waals surface area contributed by atoms with Gasteiger partial charge in [0.1, 0.15) is 0 Å². The first-order chi connectivity index (χ1) is 9.28. The topological polar surface area (TPSA) is 37.4 Å². The summed E-state index contributed by atoms with van der Waals surface area (Å²) in [7, 11) is -3.43. The van der Waals surface area contributed by atoms with Gasteiger partial charge in [-0.3, -0.25) is 0 Å². The number of rotatable bonds is 3. The SMILES string of the molecule is Cc1c(CCl)cccc1S(=O)(=O)N1CCSC(C)(C)C1. The van der Waals surface area contributed by atoms with Crippen molar-refractivity contribution in [2.24, 2.45) is 0 Å². The Kier molecular flexibility index (Phi) is 4.74. The second-order valence-corrected chi connectivity index (χ2v) is 9.60. The number of thioether (sulfide) groups is 1. The zero-order valence-corrected chi connectivity index (χ0v) is 14.4. The fourth-order valence-electron chi connectivity index (χ4n) is 2.40. The number of benzene rings is 1. The van der Waals surface area contributed by atoms with Gasteiger partial charge in [-0.1, -0.05) is 12.1 Å². The molecule has 1 aromatic rings. The van der Waals surface area contributed by atoms with Crippen molar-refractivity contribution in [1.82, 2.24) is 4.31 Å². The van der Waals surface area contributed by atoms with Gasteiger partial charge in [0.15, 0.2) is 0 Å². The molecule has 0 atom stereocenters. The molecule has 1 saturated heterocycles. The average molecular weight is 334 g/mol. The Morgan fingerprint density at radius 2 is 2.10 bits per heavy atom. The number of hydrogen-bond donors (Lipinski definition) is 0. The van der Waals surface area contributed by atoms with E-state index in [2.05, 4.69) is 13.8 Å². The third-order valence-corrected chi connectivity index (χ3v) is 7.12. The molecule has 0 amide bonds. The monoisotopic (exact) mass is 333 g/mol. The van der Waals surface area contributed by atoms with Crippen LogP contribution in [0.25, 0.3) is 0 Å². The minimum Gasteiger partial charge on any atom is -0.207 e. The minimum absolute atomic E-state index is 0.0384. The van der Waals surface area contributed by atoms with E-state index in [1.807, 2.05) is 24.8 Å². The summed E-state index contributed by atoms with van der Waals surface area (Å²) in [6.45, 7) is 7.11. The van der Waals surface area contributed by atoms with Crippen LogP contribution in [0.4, 0.5) is 0 Å². The van der Waals surface area contributed by atoms with Crippen molar-refractivity contribution >= 4 is 33.4 Å². The smallest absolute Gasteiger partial charge is 0.207 e. The van der Waals surface area contributed by atoms with Crippen molar-refractivity contribution in [1.29, 1.82) is 0 Å². The molecule has 0 N–H and O–H groups in total. The molecule has 20 heavy (non-hydrogen) atoms. The van der Waals surface area contributed by atoms with E-state index in [0.29, 0.717) is 23.9 Å². The molecule has 0 bridgehead atoms. The molecule has 0 aromatic heterocycles. The van der Waals surface area contributed by atoms with Gasteiger partial charge in [0.2, 0.25) is 10.0 Å². The maximum atomic E-state index is 12.8. The number of hydrogen-bond acceptors (Lipinski definition) is 3.